The average molecular weight is 340 g/mol. The summed E-state index contributed by atoms with van der Waals surface area (Å²) in [6.07, 6.45) is 11.5. The summed E-state index contributed by atoms with van der Waals surface area (Å²) in [4.78, 5) is 27.4. The molecular weight excluding hydrogens is 320 g/mol. The summed E-state index contributed by atoms with van der Waals surface area (Å²) in [5, 5.41) is 0. The number of hydrogen-bond acceptors (Lipinski definition) is 5. The van der Waals surface area contributed by atoms with E-state index < -0.39 is 0 Å². The Kier molecular flexibility index (Phi) is 4.19. The minimum Gasteiger partial charge on any atom is -0.379 e. The number of fused-ring (bicyclic) bond motifs is 1. The van der Waals surface area contributed by atoms with Crippen LogP contribution in [0.1, 0.15) is 16.2 Å². The van der Waals surface area contributed by atoms with E-state index >= 15 is 0 Å². The molecule has 1 aliphatic heterocycles. The molecular formula is C17H20N6O2. The van der Waals surface area contributed by atoms with Crippen LogP contribution < -0.4 is 0 Å². The first-order chi connectivity index (χ1) is 12.2. The number of aryl methyl sites for hydroxylation is 1. The lowest BCUT2D eigenvalue weighted by Crippen LogP contribution is -2.36. The van der Waals surface area contributed by atoms with Gasteiger partial charge < -0.3 is 18.6 Å². The molecule has 0 saturated carbocycles. The van der Waals surface area contributed by atoms with E-state index in [1.54, 1.807) is 29.5 Å². The van der Waals surface area contributed by atoms with Crippen LogP contribution in [0.2, 0.25) is 0 Å². The van der Waals surface area contributed by atoms with Crippen LogP contribution in [0.25, 0.3) is 5.65 Å². The molecule has 1 fully saturated rings. The maximum absolute atomic E-state index is 12.7. The largest absolute Gasteiger partial charge is 0.379 e. The Morgan fingerprint density at radius 1 is 1.32 bits per heavy atom. The number of aromatic nitrogens is 5. The van der Waals surface area contributed by atoms with Gasteiger partial charge in [-0.05, 0) is 6.42 Å². The third-order valence-corrected chi connectivity index (χ3v) is 4.38. The van der Waals surface area contributed by atoms with E-state index in [4.69, 9.17) is 4.74 Å². The van der Waals surface area contributed by atoms with Crippen LogP contribution in [0.4, 0.5) is 0 Å². The molecule has 25 heavy (non-hydrogen) atoms. The topological polar surface area (TPSA) is 77.5 Å². The van der Waals surface area contributed by atoms with Crippen molar-refractivity contribution < 1.29 is 9.53 Å². The van der Waals surface area contributed by atoms with Gasteiger partial charge >= 0.3 is 0 Å². The molecule has 1 saturated heterocycles. The number of carbonyl (C=O) groups is 1. The molecule has 1 amide bonds. The molecule has 0 bridgehead atoms. The molecule has 0 radical (unpaired) electrons. The lowest BCUT2D eigenvalue weighted by Gasteiger charge is -2.22. The molecule has 0 N–H and O–H groups in total. The average Bonchev–Trinajstić information content (AvgIpc) is 3.18. The molecule has 1 aliphatic rings. The van der Waals surface area contributed by atoms with Crippen molar-refractivity contribution in [1.82, 2.24) is 28.8 Å². The molecule has 4 rings (SSSR count). The summed E-state index contributed by atoms with van der Waals surface area (Å²) in [6, 6.07) is 0. The van der Waals surface area contributed by atoms with E-state index in [2.05, 4.69) is 15.0 Å². The van der Waals surface area contributed by atoms with Crippen molar-refractivity contribution in [3.8, 4) is 0 Å². The smallest absolute Gasteiger partial charge is 0.274 e. The minimum atomic E-state index is -0.0471. The third-order valence-electron chi connectivity index (χ3n) is 4.38. The van der Waals surface area contributed by atoms with Gasteiger partial charge in [-0.25, -0.2) is 9.97 Å². The number of hydrogen-bond donors (Lipinski definition) is 0. The summed E-state index contributed by atoms with van der Waals surface area (Å²) < 4.78 is 9.44. The summed E-state index contributed by atoms with van der Waals surface area (Å²) >= 11 is 0. The predicted molar refractivity (Wildman–Crippen MR) is 90.1 cm³/mol. The van der Waals surface area contributed by atoms with Crippen molar-refractivity contribution in [2.24, 2.45) is 13.0 Å². The van der Waals surface area contributed by atoms with Gasteiger partial charge in [0.2, 0.25) is 0 Å². The standard InChI is InChI=1S/C17H20N6O2/c1-21-10-15(20-12-21)17(24)23-4-5-25-11-13(8-23)6-14-9-22-3-2-18-16(22)7-19-14/h2-3,7,9-10,12-13H,4-6,8,11H2,1H3. The Morgan fingerprint density at radius 2 is 2.24 bits per heavy atom. The van der Waals surface area contributed by atoms with Crippen LogP contribution >= 0.6 is 0 Å². The summed E-state index contributed by atoms with van der Waals surface area (Å²) in [5.41, 5.74) is 2.26. The molecule has 1 unspecified atom stereocenters. The first-order valence-electron chi connectivity index (χ1n) is 8.31. The first kappa shape index (κ1) is 15.8. The Morgan fingerprint density at radius 3 is 3.08 bits per heavy atom. The third kappa shape index (κ3) is 3.39. The van der Waals surface area contributed by atoms with Crippen LogP contribution in [-0.4, -0.2) is 61.0 Å². The fourth-order valence-corrected chi connectivity index (χ4v) is 3.14. The van der Waals surface area contributed by atoms with E-state index in [1.807, 2.05) is 28.7 Å². The van der Waals surface area contributed by atoms with Crippen molar-refractivity contribution in [2.75, 3.05) is 26.3 Å². The lowest BCUT2D eigenvalue weighted by molar-refractivity contribution is 0.0732. The Bertz CT molecular complexity index is 886. The molecule has 8 heteroatoms. The fourth-order valence-electron chi connectivity index (χ4n) is 3.14. The Balaban J connectivity index is 1.48. The van der Waals surface area contributed by atoms with E-state index in [0.717, 1.165) is 17.8 Å². The van der Waals surface area contributed by atoms with Crippen molar-refractivity contribution in [1.29, 1.82) is 0 Å². The van der Waals surface area contributed by atoms with Crippen molar-refractivity contribution in [3.05, 3.63) is 48.7 Å². The number of amides is 1. The molecule has 130 valence electrons. The number of carbonyl (C=O) groups excluding carboxylic acids is 1. The minimum absolute atomic E-state index is 0.0471. The summed E-state index contributed by atoms with van der Waals surface area (Å²) in [6.45, 7) is 2.39. The van der Waals surface area contributed by atoms with Gasteiger partial charge in [0.1, 0.15) is 5.69 Å². The molecule has 4 heterocycles. The number of rotatable bonds is 3. The Hall–Kier alpha value is -2.74. The number of imidazole rings is 2. The van der Waals surface area contributed by atoms with E-state index in [9.17, 15) is 4.79 Å². The van der Waals surface area contributed by atoms with Gasteiger partial charge in [-0.2, -0.15) is 0 Å². The normalized spacial score (nSPS) is 18.4. The molecule has 3 aromatic heterocycles. The zero-order chi connectivity index (χ0) is 17.2. The van der Waals surface area contributed by atoms with Crippen LogP contribution in [0.15, 0.2) is 37.3 Å². The monoisotopic (exact) mass is 340 g/mol. The van der Waals surface area contributed by atoms with Crippen LogP contribution in [0, 0.1) is 5.92 Å². The molecule has 0 spiro atoms. The zero-order valence-electron chi connectivity index (χ0n) is 14.1. The molecule has 1 atom stereocenters. The number of ether oxygens (including phenoxy) is 1. The molecule has 3 aromatic rings. The van der Waals surface area contributed by atoms with Crippen molar-refractivity contribution in [3.63, 3.8) is 0 Å². The van der Waals surface area contributed by atoms with Gasteiger partial charge in [-0.15, -0.1) is 0 Å². The SMILES string of the molecule is Cn1cnc(C(=O)N2CCOCC(Cc3cn4ccnc4cn3)C2)c1. The van der Waals surface area contributed by atoms with Crippen molar-refractivity contribution in [2.45, 2.75) is 6.42 Å². The second-order valence-corrected chi connectivity index (χ2v) is 6.39. The second kappa shape index (κ2) is 6.64. The van der Waals surface area contributed by atoms with Crippen LogP contribution in [0.3, 0.4) is 0 Å². The highest BCUT2D eigenvalue weighted by atomic mass is 16.5. The molecule has 0 aromatic carbocycles. The zero-order valence-corrected chi connectivity index (χ0v) is 14.1. The fraction of sp³-hybridized carbons (Fsp3) is 0.412. The van der Waals surface area contributed by atoms with E-state index in [0.29, 0.717) is 32.0 Å². The highest BCUT2D eigenvalue weighted by Gasteiger charge is 2.25. The molecule has 0 aliphatic carbocycles. The number of nitrogens with zero attached hydrogens (tertiary/aromatic N) is 6. The highest BCUT2D eigenvalue weighted by Crippen LogP contribution is 2.15. The first-order valence-corrected chi connectivity index (χ1v) is 8.31. The van der Waals surface area contributed by atoms with Gasteiger partial charge in [0.15, 0.2) is 5.65 Å². The predicted octanol–water partition coefficient (Wildman–Crippen LogP) is 0.794. The quantitative estimate of drug-likeness (QED) is 0.705. The van der Waals surface area contributed by atoms with Gasteiger partial charge in [0.25, 0.3) is 5.91 Å². The summed E-state index contributed by atoms with van der Waals surface area (Å²) in [5.74, 6) is 0.151. The maximum Gasteiger partial charge on any atom is 0.274 e. The maximum atomic E-state index is 12.7. The van der Waals surface area contributed by atoms with Crippen LogP contribution in [0.5, 0.6) is 0 Å². The van der Waals surface area contributed by atoms with E-state index in [1.165, 1.54) is 0 Å². The van der Waals surface area contributed by atoms with Gasteiger partial charge in [-0.3, -0.25) is 9.78 Å². The van der Waals surface area contributed by atoms with Gasteiger partial charge in [-0.1, -0.05) is 0 Å². The molecule has 8 nitrogen and oxygen atoms in total. The van der Waals surface area contributed by atoms with E-state index in [-0.39, 0.29) is 11.8 Å². The summed E-state index contributed by atoms with van der Waals surface area (Å²) in [7, 11) is 1.86. The lowest BCUT2D eigenvalue weighted by atomic mass is 10.0. The Labute approximate surface area is 145 Å². The van der Waals surface area contributed by atoms with Gasteiger partial charge in [0.05, 0.1) is 31.4 Å². The van der Waals surface area contributed by atoms with Crippen LogP contribution in [-0.2, 0) is 18.2 Å². The van der Waals surface area contributed by atoms with Gasteiger partial charge in [0, 0.05) is 50.8 Å². The highest BCUT2D eigenvalue weighted by molar-refractivity contribution is 5.92. The van der Waals surface area contributed by atoms with Crippen molar-refractivity contribution >= 4 is 11.6 Å². The second-order valence-electron chi connectivity index (χ2n) is 6.39.